The van der Waals surface area contributed by atoms with Crippen LogP contribution in [0, 0.1) is 12.7 Å². The van der Waals surface area contributed by atoms with Crippen molar-refractivity contribution >= 4 is 11.6 Å². The van der Waals surface area contributed by atoms with Crippen LogP contribution in [-0.2, 0) is 6.54 Å². The number of halogens is 1. The average molecular weight is 258 g/mol. The molecule has 0 unspecified atom stereocenters. The van der Waals surface area contributed by atoms with E-state index in [2.05, 4.69) is 5.32 Å². The molecule has 0 aliphatic carbocycles. The minimum atomic E-state index is -0.294. The lowest BCUT2D eigenvalue weighted by atomic mass is 10.1. The van der Waals surface area contributed by atoms with Crippen molar-refractivity contribution in [2.75, 3.05) is 5.73 Å². The Kier molecular flexibility index (Phi) is 3.80. The molecule has 0 saturated heterocycles. The zero-order valence-corrected chi connectivity index (χ0v) is 10.6. The van der Waals surface area contributed by atoms with Crippen LogP contribution in [0.1, 0.15) is 21.5 Å². The van der Waals surface area contributed by atoms with E-state index in [1.165, 1.54) is 12.1 Å². The number of para-hydroxylation sites is 1. The van der Waals surface area contributed by atoms with Crippen molar-refractivity contribution in [2.45, 2.75) is 13.5 Å². The van der Waals surface area contributed by atoms with Crippen molar-refractivity contribution in [1.82, 2.24) is 5.32 Å². The van der Waals surface area contributed by atoms with Gasteiger partial charge in [-0.1, -0.05) is 24.3 Å². The summed E-state index contributed by atoms with van der Waals surface area (Å²) in [6.07, 6.45) is 0. The molecule has 1 amide bonds. The molecule has 0 atom stereocenters. The minimum absolute atomic E-state index is 0.231. The number of nitrogens with one attached hydrogen (secondary N) is 1. The van der Waals surface area contributed by atoms with Gasteiger partial charge in [0.1, 0.15) is 5.82 Å². The van der Waals surface area contributed by atoms with E-state index in [1.807, 2.05) is 13.0 Å². The highest BCUT2D eigenvalue weighted by atomic mass is 19.1. The molecule has 0 radical (unpaired) electrons. The van der Waals surface area contributed by atoms with E-state index in [4.69, 9.17) is 5.73 Å². The third-order valence-electron chi connectivity index (χ3n) is 2.94. The van der Waals surface area contributed by atoms with Crippen LogP contribution in [0.15, 0.2) is 42.5 Å². The number of carbonyl (C=O) groups is 1. The van der Waals surface area contributed by atoms with Gasteiger partial charge in [-0.15, -0.1) is 0 Å². The highest BCUT2D eigenvalue weighted by Crippen LogP contribution is 2.16. The quantitative estimate of drug-likeness (QED) is 0.831. The van der Waals surface area contributed by atoms with E-state index in [1.54, 1.807) is 24.3 Å². The van der Waals surface area contributed by atoms with Crippen molar-refractivity contribution in [1.29, 1.82) is 0 Å². The molecule has 0 aliphatic heterocycles. The zero-order valence-electron chi connectivity index (χ0n) is 10.6. The van der Waals surface area contributed by atoms with E-state index in [0.717, 1.165) is 11.1 Å². The van der Waals surface area contributed by atoms with Gasteiger partial charge in [0.25, 0.3) is 5.91 Å². The van der Waals surface area contributed by atoms with E-state index in [0.29, 0.717) is 17.8 Å². The lowest BCUT2D eigenvalue weighted by molar-refractivity contribution is 0.0951. The molecule has 0 spiro atoms. The molecule has 3 N–H and O–H groups in total. The van der Waals surface area contributed by atoms with Crippen LogP contribution >= 0.6 is 0 Å². The second-order valence-corrected chi connectivity index (χ2v) is 4.35. The summed E-state index contributed by atoms with van der Waals surface area (Å²) in [6, 6.07) is 11.3. The molecule has 0 heterocycles. The third kappa shape index (κ3) is 3.10. The molecule has 0 aromatic heterocycles. The molecule has 98 valence electrons. The topological polar surface area (TPSA) is 55.1 Å². The first-order chi connectivity index (χ1) is 9.08. The molecular formula is C15H15FN2O. The van der Waals surface area contributed by atoms with Crippen molar-refractivity contribution in [3.05, 3.63) is 65.0 Å². The minimum Gasteiger partial charge on any atom is -0.398 e. The van der Waals surface area contributed by atoms with Gasteiger partial charge >= 0.3 is 0 Å². The molecule has 0 saturated carbocycles. The Labute approximate surface area is 111 Å². The molecular weight excluding hydrogens is 243 g/mol. The number of hydrogen-bond donors (Lipinski definition) is 2. The van der Waals surface area contributed by atoms with Crippen LogP contribution in [-0.4, -0.2) is 5.91 Å². The van der Waals surface area contributed by atoms with Gasteiger partial charge in [0, 0.05) is 12.2 Å². The van der Waals surface area contributed by atoms with Gasteiger partial charge in [0.15, 0.2) is 0 Å². The molecule has 2 aromatic carbocycles. The first-order valence-corrected chi connectivity index (χ1v) is 5.95. The number of amides is 1. The molecule has 2 aromatic rings. The molecule has 0 aliphatic rings. The number of anilines is 1. The fourth-order valence-electron chi connectivity index (χ4n) is 1.76. The Morgan fingerprint density at radius 2 is 1.89 bits per heavy atom. The average Bonchev–Trinajstić information content (AvgIpc) is 2.41. The third-order valence-corrected chi connectivity index (χ3v) is 2.94. The Balaban J connectivity index is 2.05. The zero-order chi connectivity index (χ0) is 13.8. The number of benzene rings is 2. The summed E-state index contributed by atoms with van der Waals surface area (Å²) >= 11 is 0. The molecule has 0 fully saturated rings. The lowest BCUT2D eigenvalue weighted by Crippen LogP contribution is -2.24. The number of nitrogen functional groups attached to an aromatic ring is 1. The van der Waals surface area contributed by atoms with Crippen molar-refractivity contribution in [3.8, 4) is 0 Å². The van der Waals surface area contributed by atoms with Crippen molar-refractivity contribution in [2.24, 2.45) is 0 Å². The van der Waals surface area contributed by atoms with Crippen LogP contribution in [0.5, 0.6) is 0 Å². The Hall–Kier alpha value is -2.36. The van der Waals surface area contributed by atoms with Gasteiger partial charge in [-0.05, 0) is 36.2 Å². The second kappa shape index (κ2) is 5.52. The highest BCUT2D eigenvalue weighted by molar-refractivity contribution is 5.99. The van der Waals surface area contributed by atoms with Gasteiger partial charge < -0.3 is 11.1 Å². The van der Waals surface area contributed by atoms with Gasteiger partial charge in [-0.2, -0.15) is 0 Å². The lowest BCUT2D eigenvalue weighted by Gasteiger charge is -2.09. The van der Waals surface area contributed by atoms with Gasteiger partial charge in [-0.25, -0.2) is 4.39 Å². The van der Waals surface area contributed by atoms with Crippen LogP contribution in [0.4, 0.5) is 10.1 Å². The molecule has 0 bridgehead atoms. The number of aryl methyl sites for hydroxylation is 1. The monoisotopic (exact) mass is 258 g/mol. The van der Waals surface area contributed by atoms with Crippen LogP contribution in [0.2, 0.25) is 0 Å². The fourth-order valence-corrected chi connectivity index (χ4v) is 1.76. The van der Waals surface area contributed by atoms with Crippen LogP contribution in [0.25, 0.3) is 0 Å². The predicted octanol–water partition coefficient (Wildman–Crippen LogP) is 2.65. The number of nitrogens with two attached hydrogens (primary N) is 1. The summed E-state index contributed by atoms with van der Waals surface area (Å²) in [4.78, 5) is 12.0. The SMILES string of the molecule is Cc1cccc(C(=O)NCc2ccc(F)cc2)c1N. The normalized spacial score (nSPS) is 10.2. The molecule has 3 nitrogen and oxygen atoms in total. The first kappa shape index (κ1) is 13.1. The number of hydrogen-bond acceptors (Lipinski definition) is 2. The standard InChI is InChI=1S/C15H15FN2O/c1-10-3-2-4-13(14(10)17)15(19)18-9-11-5-7-12(16)8-6-11/h2-8H,9,17H2,1H3,(H,18,19). The molecule has 19 heavy (non-hydrogen) atoms. The smallest absolute Gasteiger partial charge is 0.253 e. The molecule has 4 heteroatoms. The van der Waals surface area contributed by atoms with Crippen LogP contribution < -0.4 is 11.1 Å². The fraction of sp³-hybridized carbons (Fsp3) is 0.133. The van der Waals surface area contributed by atoms with Gasteiger partial charge in [-0.3, -0.25) is 4.79 Å². The largest absolute Gasteiger partial charge is 0.398 e. The predicted molar refractivity (Wildman–Crippen MR) is 73.2 cm³/mol. The highest BCUT2D eigenvalue weighted by Gasteiger charge is 2.10. The Morgan fingerprint density at radius 3 is 2.58 bits per heavy atom. The summed E-state index contributed by atoms with van der Waals surface area (Å²) in [6.45, 7) is 2.19. The Morgan fingerprint density at radius 1 is 1.21 bits per heavy atom. The van der Waals surface area contributed by atoms with Crippen LogP contribution in [0.3, 0.4) is 0 Å². The summed E-state index contributed by atoms with van der Waals surface area (Å²) in [5.41, 5.74) is 8.51. The van der Waals surface area contributed by atoms with Gasteiger partial charge in [0.05, 0.1) is 5.56 Å². The molecule has 2 rings (SSSR count). The number of carbonyl (C=O) groups excluding carboxylic acids is 1. The van der Waals surface area contributed by atoms with E-state index >= 15 is 0 Å². The van der Waals surface area contributed by atoms with E-state index in [-0.39, 0.29) is 11.7 Å². The first-order valence-electron chi connectivity index (χ1n) is 5.95. The number of rotatable bonds is 3. The Bertz CT molecular complexity index is 594. The maximum atomic E-state index is 12.7. The van der Waals surface area contributed by atoms with Gasteiger partial charge in [0.2, 0.25) is 0 Å². The van der Waals surface area contributed by atoms with Crippen molar-refractivity contribution < 1.29 is 9.18 Å². The summed E-state index contributed by atoms with van der Waals surface area (Å²) in [7, 11) is 0. The summed E-state index contributed by atoms with van der Waals surface area (Å²) < 4.78 is 12.7. The summed E-state index contributed by atoms with van der Waals surface area (Å²) in [5.74, 6) is -0.525. The van der Waals surface area contributed by atoms with E-state index in [9.17, 15) is 9.18 Å². The van der Waals surface area contributed by atoms with Crippen molar-refractivity contribution in [3.63, 3.8) is 0 Å². The van der Waals surface area contributed by atoms with E-state index < -0.39 is 0 Å². The maximum absolute atomic E-state index is 12.7. The summed E-state index contributed by atoms with van der Waals surface area (Å²) in [5, 5.41) is 2.76. The second-order valence-electron chi connectivity index (χ2n) is 4.35. The maximum Gasteiger partial charge on any atom is 0.253 e.